The molecule has 0 amide bonds. The zero-order chi connectivity index (χ0) is 18.5. The summed E-state index contributed by atoms with van der Waals surface area (Å²) in [5, 5.41) is 3.73. The van der Waals surface area contributed by atoms with Gasteiger partial charge in [0, 0.05) is 23.0 Å². The van der Waals surface area contributed by atoms with Crippen LogP contribution in [0.4, 0.5) is 5.69 Å². The molecular formula is C20H13N7. The van der Waals surface area contributed by atoms with Crippen molar-refractivity contribution in [3.05, 3.63) is 89.6 Å². The van der Waals surface area contributed by atoms with Crippen LogP contribution in [0.25, 0.3) is 44.6 Å². The van der Waals surface area contributed by atoms with Crippen molar-refractivity contribution < 1.29 is 0 Å². The van der Waals surface area contributed by atoms with E-state index < -0.39 is 0 Å². The maximum atomic E-state index is 8.83. The lowest BCUT2D eigenvalue weighted by Crippen LogP contribution is -1.94. The molecule has 0 aliphatic heterocycles. The van der Waals surface area contributed by atoms with E-state index in [4.69, 9.17) is 5.53 Å². The van der Waals surface area contributed by atoms with E-state index in [9.17, 15) is 0 Å². The molecule has 0 aliphatic rings. The second-order valence-corrected chi connectivity index (χ2v) is 5.62. The summed E-state index contributed by atoms with van der Waals surface area (Å²) in [7, 11) is 0. The smallest absolute Gasteiger partial charge is 0.0899 e. The molecular weight excluding hydrogens is 338 g/mol. The molecule has 7 nitrogen and oxygen atoms in total. The van der Waals surface area contributed by atoms with Crippen LogP contribution in [0.3, 0.4) is 0 Å². The molecule has 0 radical (unpaired) electrons. The number of aromatic nitrogens is 4. The lowest BCUT2D eigenvalue weighted by Gasteiger charge is -2.07. The van der Waals surface area contributed by atoms with Gasteiger partial charge in [-0.2, -0.15) is 0 Å². The molecule has 4 heterocycles. The molecule has 0 spiro atoms. The summed E-state index contributed by atoms with van der Waals surface area (Å²) in [6.07, 6.45) is 3.42. The molecule has 4 rings (SSSR count). The maximum Gasteiger partial charge on any atom is 0.0899 e. The molecule has 0 unspecified atom stereocenters. The van der Waals surface area contributed by atoms with Crippen LogP contribution >= 0.6 is 0 Å². The molecule has 0 N–H and O–H groups in total. The summed E-state index contributed by atoms with van der Waals surface area (Å²) in [6.45, 7) is 0. The van der Waals surface area contributed by atoms with Crippen LogP contribution in [0.1, 0.15) is 0 Å². The van der Waals surface area contributed by atoms with E-state index in [1.165, 1.54) is 0 Å². The lowest BCUT2D eigenvalue weighted by molar-refractivity contribution is 1.20. The third-order valence-electron chi connectivity index (χ3n) is 3.84. The summed E-state index contributed by atoms with van der Waals surface area (Å²) in [5.41, 5.74) is 13.4. The average Bonchev–Trinajstić information content (AvgIpc) is 2.75. The fourth-order valence-corrected chi connectivity index (χ4v) is 2.64. The van der Waals surface area contributed by atoms with Gasteiger partial charge in [0.25, 0.3) is 0 Å². The van der Waals surface area contributed by atoms with Crippen LogP contribution in [0.2, 0.25) is 0 Å². The third-order valence-corrected chi connectivity index (χ3v) is 3.84. The Balaban J connectivity index is 1.84. The van der Waals surface area contributed by atoms with Gasteiger partial charge in [-0.3, -0.25) is 9.97 Å². The predicted octanol–water partition coefficient (Wildman–Crippen LogP) is 5.21. The molecule has 0 bridgehead atoms. The number of hydrogen-bond acceptors (Lipinski definition) is 5. The first-order chi connectivity index (χ1) is 13.3. The van der Waals surface area contributed by atoms with Gasteiger partial charge in [-0.15, -0.1) is 0 Å². The Morgan fingerprint density at radius 2 is 1.15 bits per heavy atom. The van der Waals surface area contributed by atoms with Crippen molar-refractivity contribution in [2.24, 2.45) is 5.11 Å². The minimum Gasteiger partial charge on any atom is -0.255 e. The Morgan fingerprint density at radius 3 is 1.74 bits per heavy atom. The highest BCUT2D eigenvalue weighted by Crippen LogP contribution is 2.28. The molecule has 0 atom stereocenters. The normalized spacial score (nSPS) is 10.2. The number of hydrogen-bond donors (Lipinski definition) is 0. The zero-order valence-corrected chi connectivity index (χ0v) is 14.1. The molecule has 0 aliphatic carbocycles. The number of nitrogens with zero attached hydrogens (tertiary/aromatic N) is 7. The fourth-order valence-electron chi connectivity index (χ4n) is 2.64. The van der Waals surface area contributed by atoms with E-state index >= 15 is 0 Å². The van der Waals surface area contributed by atoms with Crippen molar-refractivity contribution in [3.63, 3.8) is 0 Å². The maximum absolute atomic E-state index is 8.83. The fraction of sp³-hybridized carbons (Fsp3) is 0. The average molecular weight is 351 g/mol. The molecule has 7 heteroatoms. The van der Waals surface area contributed by atoms with Crippen molar-refractivity contribution in [1.29, 1.82) is 0 Å². The van der Waals surface area contributed by atoms with Gasteiger partial charge in [0.2, 0.25) is 0 Å². The highest BCUT2D eigenvalue weighted by Gasteiger charge is 2.10. The van der Waals surface area contributed by atoms with Crippen LogP contribution < -0.4 is 0 Å². The summed E-state index contributed by atoms with van der Waals surface area (Å²) in [5.74, 6) is 0. The summed E-state index contributed by atoms with van der Waals surface area (Å²) in [6, 6.07) is 20.3. The van der Waals surface area contributed by atoms with Gasteiger partial charge in [0.1, 0.15) is 0 Å². The zero-order valence-electron chi connectivity index (χ0n) is 14.1. The van der Waals surface area contributed by atoms with Crippen molar-refractivity contribution in [3.8, 4) is 34.2 Å². The second kappa shape index (κ2) is 7.43. The Labute approximate surface area is 155 Å². The highest BCUT2D eigenvalue weighted by atomic mass is 15.1. The van der Waals surface area contributed by atoms with Crippen LogP contribution in [-0.4, -0.2) is 19.9 Å². The van der Waals surface area contributed by atoms with Gasteiger partial charge in [-0.25, -0.2) is 9.97 Å². The van der Waals surface area contributed by atoms with E-state index in [1.807, 2.05) is 54.6 Å². The van der Waals surface area contributed by atoms with Crippen molar-refractivity contribution >= 4 is 5.69 Å². The summed E-state index contributed by atoms with van der Waals surface area (Å²) >= 11 is 0. The van der Waals surface area contributed by atoms with Crippen molar-refractivity contribution in [1.82, 2.24) is 19.9 Å². The SMILES string of the molecule is [N-]=[N+]=Nc1cc(-c2ccccn2)nc(-c2cccc(-c3ccccn3)n2)c1. The molecule has 0 saturated heterocycles. The Morgan fingerprint density at radius 1 is 0.630 bits per heavy atom. The Kier molecular flexibility index (Phi) is 4.51. The predicted molar refractivity (Wildman–Crippen MR) is 103 cm³/mol. The van der Waals surface area contributed by atoms with Crippen molar-refractivity contribution in [2.75, 3.05) is 0 Å². The molecule has 0 aromatic carbocycles. The number of azide groups is 1. The van der Waals surface area contributed by atoms with Gasteiger partial charge >= 0.3 is 0 Å². The van der Waals surface area contributed by atoms with E-state index in [1.54, 1.807) is 24.5 Å². The number of pyridine rings is 4. The minimum absolute atomic E-state index is 0.452. The van der Waals surface area contributed by atoms with Crippen LogP contribution in [0.5, 0.6) is 0 Å². The van der Waals surface area contributed by atoms with E-state index in [0.717, 1.165) is 11.4 Å². The third kappa shape index (κ3) is 3.63. The topological polar surface area (TPSA) is 100 Å². The van der Waals surface area contributed by atoms with Crippen LogP contribution in [-0.2, 0) is 0 Å². The van der Waals surface area contributed by atoms with Crippen LogP contribution in [0, 0.1) is 0 Å². The second-order valence-electron chi connectivity index (χ2n) is 5.62. The summed E-state index contributed by atoms with van der Waals surface area (Å²) in [4.78, 5) is 20.9. The van der Waals surface area contributed by atoms with Gasteiger partial charge in [0.05, 0.1) is 34.2 Å². The van der Waals surface area contributed by atoms with Gasteiger partial charge in [0.15, 0.2) is 0 Å². The molecule has 0 saturated carbocycles. The Bertz CT molecular complexity index is 1120. The van der Waals surface area contributed by atoms with Crippen molar-refractivity contribution in [2.45, 2.75) is 0 Å². The standard InChI is InChI=1S/C20H13N7/c21-27-26-14-12-19(16-7-2-4-11-23-16)25-20(13-14)18-9-5-8-17(24-18)15-6-1-3-10-22-15/h1-13H. The van der Waals surface area contributed by atoms with Gasteiger partial charge in [-0.05, 0) is 54.1 Å². The quantitative estimate of drug-likeness (QED) is 0.286. The molecule has 4 aromatic heterocycles. The van der Waals surface area contributed by atoms with E-state index in [0.29, 0.717) is 28.5 Å². The molecule has 128 valence electrons. The van der Waals surface area contributed by atoms with Crippen LogP contribution in [0.15, 0.2) is 84.2 Å². The molecule has 0 fully saturated rings. The first-order valence-electron chi connectivity index (χ1n) is 8.21. The minimum atomic E-state index is 0.452. The van der Waals surface area contributed by atoms with E-state index in [-0.39, 0.29) is 0 Å². The van der Waals surface area contributed by atoms with Gasteiger partial charge < -0.3 is 0 Å². The Hall–Kier alpha value is -4.09. The first kappa shape index (κ1) is 16.4. The lowest BCUT2D eigenvalue weighted by atomic mass is 10.1. The molecule has 27 heavy (non-hydrogen) atoms. The highest BCUT2D eigenvalue weighted by molar-refractivity contribution is 5.69. The molecule has 4 aromatic rings. The summed E-state index contributed by atoms with van der Waals surface area (Å²) < 4.78 is 0. The van der Waals surface area contributed by atoms with Gasteiger partial charge in [-0.1, -0.05) is 23.3 Å². The first-order valence-corrected chi connectivity index (χ1v) is 8.21. The largest absolute Gasteiger partial charge is 0.255 e. The monoisotopic (exact) mass is 351 g/mol. The number of rotatable bonds is 4. The van der Waals surface area contributed by atoms with E-state index in [2.05, 4.69) is 30.0 Å².